The number of rotatable bonds is 6. The zero-order chi connectivity index (χ0) is 10.2. The third-order valence-corrected chi connectivity index (χ3v) is 3.48. The molecule has 2 heteroatoms. The number of ether oxygens (including phenoxy) is 1. The molecule has 14 heavy (non-hydrogen) atoms. The first kappa shape index (κ1) is 12.3. The van der Waals surface area contributed by atoms with E-state index in [2.05, 4.69) is 35.0 Å². The Kier molecular flexibility index (Phi) is 6.54. The fraction of sp³-hybridized carbons (Fsp3) is 0.833. The van der Waals surface area contributed by atoms with E-state index in [0.29, 0.717) is 0 Å². The molecule has 0 aromatic heterocycles. The zero-order valence-corrected chi connectivity index (χ0v) is 10.6. The summed E-state index contributed by atoms with van der Waals surface area (Å²) < 4.78 is 5.69. The number of allylic oxidation sites excluding steroid dienone is 2. The summed E-state index contributed by atoms with van der Waals surface area (Å²) in [6.45, 7) is 4.21. The first-order valence-electron chi connectivity index (χ1n) is 5.63. The standard InChI is InChI=1S/C12H21BrO/c1-11-6-2-3-7-12(11)10-14-9-5-4-8-13/h2-3,11-12H,4-10H2,1H3. The molecule has 1 nitrogen and oxygen atoms in total. The van der Waals surface area contributed by atoms with Gasteiger partial charge in [-0.3, -0.25) is 0 Å². The van der Waals surface area contributed by atoms with Gasteiger partial charge in [-0.1, -0.05) is 35.0 Å². The van der Waals surface area contributed by atoms with E-state index in [1.807, 2.05) is 0 Å². The van der Waals surface area contributed by atoms with E-state index in [1.54, 1.807) is 0 Å². The molecule has 0 bridgehead atoms. The molecule has 82 valence electrons. The summed E-state index contributed by atoms with van der Waals surface area (Å²) in [6.07, 6.45) is 9.44. The molecule has 1 aliphatic rings. The lowest BCUT2D eigenvalue weighted by Gasteiger charge is -2.24. The van der Waals surface area contributed by atoms with Crippen molar-refractivity contribution < 1.29 is 4.74 Å². The van der Waals surface area contributed by atoms with Gasteiger partial charge >= 0.3 is 0 Å². The van der Waals surface area contributed by atoms with E-state index in [9.17, 15) is 0 Å². The summed E-state index contributed by atoms with van der Waals surface area (Å²) >= 11 is 3.42. The second-order valence-corrected chi connectivity index (χ2v) is 4.94. The largest absolute Gasteiger partial charge is 0.381 e. The molecule has 0 aliphatic heterocycles. The zero-order valence-electron chi connectivity index (χ0n) is 9.05. The molecule has 0 spiro atoms. The molecule has 0 N–H and O–H groups in total. The fourth-order valence-electron chi connectivity index (χ4n) is 1.77. The van der Waals surface area contributed by atoms with Crippen LogP contribution >= 0.6 is 15.9 Å². The average molecular weight is 261 g/mol. The van der Waals surface area contributed by atoms with Crippen LogP contribution in [0, 0.1) is 11.8 Å². The Morgan fingerprint density at radius 3 is 2.79 bits per heavy atom. The van der Waals surface area contributed by atoms with Crippen LogP contribution in [0.2, 0.25) is 0 Å². The molecule has 0 saturated carbocycles. The van der Waals surface area contributed by atoms with Crippen molar-refractivity contribution in [1.82, 2.24) is 0 Å². The summed E-state index contributed by atoms with van der Waals surface area (Å²) in [7, 11) is 0. The van der Waals surface area contributed by atoms with Crippen LogP contribution in [-0.4, -0.2) is 18.5 Å². The van der Waals surface area contributed by atoms with Crippen LogP contribution in [0.5, 0.6) is 0 Å². The minimum Gasteiger partial charge on any atom is -0.381 e. The van der Waals surface area contributed by atoms with Gasteiger partial charge in [-0.05, 0) is 37.5 Å². The van der Waals surface area contributed by atoms with Gasteiger partial charge in [-0.25, -0.2) is 0 Å². The predicted molar refractivity (Wildman–Crippen MR) is 64.9 cm³/mol. The first-order chi connectivity index (χ1) is 6.84. The van der Waals surface area contributed by atoms with Crippen LogP contribution in [0.3, 0.4) is 0 Å². The first-order valence-corrected chi connectivity index (χ1v) is 6.75. The van der Waals surface area contributed by atoms with Crippen molar-refractivity contribution in [3.63, 3.8) is 0 Å². The summed E-state index contributed by atoms with van der Waals surface area (Å²) in [5.74, 6) is 1.56. The molecule has 0 fully saturated rings. The highest BCUT2D eigenvalue weighted by molar-refractivity contribution is 9.09. The van der Waals surface area contributed by atoms with Crippen molar-refractivity contribution in [2.45, 2.75) is 32.6 Å². The van der Waals surface area contributed by atoms with E-state index in [-0.39, 0.29) is 0 Å². The Morgan fingerprint density at radius 2 is 2.07 bits per heavy atom. The highest BCUT2D eigenvalue weighted by Crippen LogP contribution is 2.24. The fourth-order valence-corrected chi connectivity index (χ4v) is 2.17. The number of hydrogen-bond donors (Lipinski definition) is 0. The maximum absolute atomic E-state index is 5.69. The van der Waals surface area contributed by atoms with Crippen molar-refractivity contribution in [2.75, 3.05) is 18.5 Å². The van der Waals surface area contributed by atoms with Crippen molar-refractivity contribution in [1.29, 1.82) is 0 Å². The molecule has 0 radical (unpaired) electrons. The number of halogens is 1. The summed E-state index contributed by atoms with van der Waals surface area (Å²) in [5, 5.41) is 1.10. The lowest BCUT2D eigenvalue weighted by Crippen LogP contribution is -2.19. The quantitative estimate of drug-likeness (QED) is 0.401. The number of alkyl halides is 1. The summed E-state index contributed by atoms with van der Waals surface area (Å²) in [5.41, 5.74) is 0. The van der Waals surface area contributed by atoms with Crippen LogP contribution < -0.4 is 0 Å². The summed E-state index contributed by atoms with van der Waals surface area (Å²) in [6, 6.07) is 0. The smallest absolute Gasteiger partial charge is 0.0499 e. The molecular formula is C12H21BrO. The van der Waals surface area contributed by atoms with Crippen LogP contribution in [0.25, 0.3) is 0 Å². The average Bonchev–Trinajstić information content (AvgIpc) is 2.20. The van der Waals surface area contributed by atoms with Crippen molar-refractivity contribution in [3.05, 3.63) is 12.2 Å². The van der Waals surface area contributed by atoms with Gasteiger partial charge in [-0.15, -0.1) is 0 Å². The Hall–Kier alpha value is 0.180. The van der Waals surface area contributed by atoms with Gasteiger partial charge in [0, 0.05) is 18.5 Å². The van der Waals surface area contributed by atoms with Gasteiger partial charge in [0.15, 0.2) is 0 Å². The maximum Gasteiger partial charge on any atom is 0.0499 e. The van der Waals surface area contributed by atoms with E-state index in [0.717, 1.165) is 30.4 Å². The molecule has 0 amide bonds. The molecule has 2 atom stereocenters. The van der Waals surface area contributed by atoms with E-state index < -0.39 is 0 Å². The van der Waals surface area contributed by atoms with Crippen molar-refractivity contribution in [2.24, 2.45) is 11.8 Å². The van der Waals surface area contributed by atoms with Crippen molar-refractivity contribution >= 4 is 15.9 Å². The Morgan fingerprint density at radius 1 is 1.29 bits per heavy atom. The summed E-state index contributed by atoms with van der Waals surface area (Å²) in [4.78, 5) is 0. The maximum atomic E-state index is 5.69. The van der Waals surface area contributed by atoms with Gasteiger partial charge in [0.25, 0.3) is 0 Å². The SMILES string of the molecule is CC1CC=CCC1COCCCCBr. The molecule has 1 aliphatic carbocycles. The van der Waals surface area contributed by atoms with E-state index >= 15 is 0 Å². The van der Waals surface area contributed by atoms with E-state index in [4.69, 9.17) is 4.74 Å². The minimum atomic E-state index is 0.754. The highest BCUT2D eigenvalue weighted by Gasteiger charge is 2.17. The molecule has 0 heterocycles. The normalized spacial score (nSPS) is 26.7. The molecular weight excluding hydrogens is 240 g/mol. The van der Waals surface area contributed by atoms with Gasteiger partial charge in [-0.2, -0.15) is 0 Å². The minimum absolute atomic E-state index is 0.754. The van der Waals surface area contributed by atoms with Crippen LogP contribution in [0.1, 0.15) is 32.6 Å². The molecule has 2 unspecified atom stereocenters. The third kappa shape index (κ3) is 4.61. The number of unbranched alkanes of at least 4 members (excludes halogenated alkanes) is 1. The van der Waals surface area contributed by atoms with Gasteiger partial charge in [0.2, 0.25) is 0 Å². The van der Waals surface area contributed by atoms with Gasteiger partial charge in [0.1, 0.15) is 0 Å². The topological polar surface area (TPSA) is 9.23 Å². The molecule has 0 aromatic rings. The molecule has 0 saturated heterocycles. The molecule has 0 aromatic carbocycles. The lowest BCUT2D eigenvalue weighted by molar-refractivity contribution is 0.0775. The third-order valence-electron chi connectivity index (χ3n) is 2.92. The van der Waals surface area contributed by atoms with Gasteiger partial charge in [0.05, 0.1) is 0 Å². The van der Waals surface area contributed by atoms with Crippen LogP contribution in [0.15, 0.2) is 12.2 Å². The Bertz CT molecular complexity index is 168. The Balaban J connectivity index is 2.03. The number of hydrogen-bond acceptors (Lipinski definition) is 1. The van der Waals surface area contributed by atoms with Gasteiger partial charge < -0.3 is 4.74 Å². The molecule has 1 rings (SSSR count). The van der Waals surface area contributed by atoms with Crippen molar-refractivity contribution in [3.8, 4) is 0 Å². The van der Waals surface area contributed by atoms with Crippen LogP contribution in [-0.2, 0) is 4.74 Å². The monoisotopic (exact) mass is 260 g/mol. The second-order valence-electron chi connectivity index (χ2n) is 4.15. The highest BCUT2D eigenvalue weighted by atomic mass is 79.9. The second kappa shape index (κ2) is 7.47. The van der Waals surface area contributed by atoms with E-state index in [1.165, 1.54) is 25.7 Å². The predicted octanol–water partition coefficient (Wildman–Crippen LogP) is 3.78. The lowest BCUT2D eigenvalue weighted by atomic mass is 9.85. The Labute approximate surface area is 96.0 Å². The van der Waals surface area contributed by atoms with Crippen LogP contribution in [0.4, 0.5) is 0 Å².